The van der Waals surface area contributed by atoms with Gasteiger partial charge in [0.15, 0.2) is 0 Å². The van der Waals surface area contributed by atoms with Crippen LogP contribution in [0.2, 0.25) is 0 Å². The van der Waals surface area contributed by atoms with E-state index in [1.54, 1.807) is 19.5 Å². The van der Waals surface area contributed by atoms with Crippen LogP contribution in [0.1, 0.15) is 12.6 Å². The van der Waals surface area contributed by atoms with Gasteiger partial charge in [-0.1, -0.05) is 0 Å². The van der Waals surface area contributed by atoms with Crippen LogP contribution in [-0.4, -0.2) is 41.9 Å². The number of methoxy groups -OCH3 is 1. The van der Waals surface area contributed by atoms with E-state index >= 15 is 0 Å². The maximum atomic E-state index is 8.95. The Hall–Kier alpha value is -1.20. The fraction of sp³-hybridized carbons (Fsp3) is 0.600. The standard InChI is InChI=1S/C10H17N3O2/c1-3-13(4-5-15-2)10-7-11-6-9(8-14)12-10/h6-7,14H,3-5,8H2,1-2H3. The molecule has 0 aromatic carbocycles. The first kappa shape index (κ1) is 11.9. The van der Waals surface area contributed by atoms with Crippen molar-refractivity contribution in [3.05, 3.63) is 18.1 Å². The van der Waals surface area contributed by atoms with Crippen molar-refractivity contribution in [3.8, 4) is 0 Å². The maximum absolute atomic E-state index is 8.95. The first-order valence-corrected chi connectivity index (χ1v) is 4.97. The Labute approximate surface area is 89.7 Å². The normalized spacial score (nSPS) is 10.3. The zero-order valence-corrected chi connectivity index (χ0v) is 9.18. The van der Waals surface area contributed by atoms with Crippen LogP contribution in [0, 0.1) is 0 Å². The number of aromatic nitrogens is 2. The number of ether oxygens (including phenoxy) is 1. The molecule has 1 aromatic rings. The molecule has 5 heteroatoms. The van der Waals surface area contributed by atoms with Crippen molar-refractivity contribution in [3.63, 3.8) is 0 Å². The second-order valence-electron chi connectivity index (χ2n) is 3.10. The highest BCUT2D eigenvalue weighted by atomic mass is 16.5. The summed E-state index contributed by atoms with van der Waals surface area (Å²) in [5.74, 6) is 0.779. The van der Waals surface area contributed by atoms with Crippen LogP contribution >= 0.6 is 0 Å². The van der Waals surface area contributed by atoms with E-state index < -0.39 is 0 Å². The third-order valence-corrected chi connectivity index (χ3v) is 2.10. The zero-order chi connectivity index (χ0) is 11.1. The van der Waals surface area contributed by atoms with Crippen LogP contribution in [0.3, 0.4) is 0 Å². The molecule has 0 saturated heterocycles. The molecule has 0 spiro atoms. The molecule has 0 atom stereocenters. The van der Waals surface area contributed by atoms with E-state index in [4.69, 9.17) is 9.84 Å². The molecule has 0 bridgehead atoms. The molecule has 1 N–H and O–H groups in total. The Morgan fingerprint density at radius 3 is 2.87 bits per heavy atom. The smallest absolute Gasteiger partial charge is 0.147 e. The van der Waals surface area contributed by atoms with Crippen molar-refractivity contribution in [2.75, 3.05) is 31.7 Å². The number of hydrogen-bond acceptors (Lipinski definition) is 5. The third-order valence-electron chi connectivity index (χ3n) is 2.10. The number of hydrogen-bond donors (Lipinski definition) is 1. The molecule has 0 unspecified atom stereocenters. The predicted molar refractivity (Wildman–Crippen MR) is 57.7 cm³/mol. The summed E-state index contributed by atoms with van der Waals surface area (Å²) in [5, 5.41) is 8.95. The molecule has 0 fully saturated rings. The highest BCUT2D eigenvalue weighted by molar-refractivity contribution is 5.35. The van der Waals surface area contributed by atoms with Crippen LogP contribution < -0.4 is 4.90 Å². The van der Waals surface area contributed by atoms with Gasteiger partial charge in [-0.3, -0.25) is 4.98 Å². The molecule has 5 nitrogen and oxygen atoms in total. The summed E-state index contributed by atoms with van der Waals surface area (Å²) in [6.45, 7) is 4.23. The van der Waals surface area contributed by atoms with Gasteiger partial charge in [0.25, 0.3) is 0 Å². The van der Waals surface area contributed by atoms with Crippen LogP contribution in [-0.2, 0) is 11.3 Å². The maximum Gasteiger partial charge on any atom is 0.147 e. The Morgan fingerprint density at radius 1 is 1.47 bits per heavy atom. The highest BCUT2D eigenvalue weighted by Gasteiger charge is 2.06. The summed E-state index contributed by atoms with van der Waals surface area (Å²) in [4.78, 5) is 10.4. The van der Waals surface area contributed by atoms with Crippen molar-refractivity contribution in [1.29, 1.82) is 0 Å². The van der Waals surface area contributed by atoms with Crippen LogP contribution in [0.4, 0.5) is 5.82 Å². The first-order valence-electron chi connectivity index (χ1n) is 4.97. The second kappa shape index (κ2) is 6.31. The van der Waals surface area contributed by atoms with Crippen molar-refractivity contribution in [1.82, 2.24) is 9.97 Å². The molecule has 1 aromatic heterocycles. The zero-order valence-electron chi connectivity index (χ0n) is 9.18. The molecular weight excluding hydrogens is 194 g/mol. The lowest BCUT2D eigenvalue weighted by Crippen LogP contribution is -2.28. The van der Waals surface area contributed by atoms with Gasteiger partial charge in [0.1, 0.15) is 5.82 Å². The Morgan fingerprint density at radius 2 is 2.27 bits per heavy atom. The number of anilines is 1. The molecule has 1 heterocycles. The largest absolute Gasteiger partial charge is 0.390 e. The minimum absolute atomic E-state index is 0.0807. The van der Waals surface area contributed by atoms with E-state index in [-0.39, 0.29) is 6.61 Å². The average molecular weight is 211 g/mol. The highest BCUT2D eigenvalue weighted by Crippen LogP contribution is 2.08. The number of likely N-dealkylation sites (N-methyl/N-ethyl adjacent to an activating group) is 1. The fourth-order valence-electron chi connectivity index (χ4n) is 1.26. The molecule has 1 rings (SSSR count). The minimum atomic E-state index is -0.0807. The summed E-state index contributed by atoms with van der Waals surface area (Å²) in [5.41, 5.74) is 0.586. The van der Waals surface area contributed by atoms with E-state index in [1.807, 2.05) is 6.92 Å². The SMILES string of the molecule is CCN(CCOC)c1cncc(CO)n1. The van der Waals surface area contributed by atoms with Gasteiger partial charge in [0, 0.05) is 20.2 Å². The Kier molecular flexibility index (Phi) is 5.00. The van der Waals surface area contributed by atoms with Crippen LogP contribution in [0.25, 0.3) is 0 Å². The Balaban J connectivity index is 2.72. The molecular formula is C10H17N3O2. The number of aliphatic hydroxyl groups excluding tert-OH is 1. The van der Waals surface area contributed by atoms with Gasteiger partial charge in [-0.15, -0.1) is 0 Å². The van der Waals surface area contributed by atoms with Gasteiger partial charge in [0.05, 0.1) is 31.3 Å². The fourth-order valence-corrected chi connectivity index (χ4v) is 1.26. The van der Waals surface area contributed by atoms with Crippen molar-refractivity contribution in [2.24, 2.45) is 0 Å². The van der Waals surface area contributed by atoms with Crippen molar-refractivity contribution < 1.29 is 9.84 Å². The molecule has 84 valence electrons. The quantitative estimate of drug-likeness (QED) is 0.740. The first-order chi connectivity index (χ1) is 7.31. The number of rotatable bonds is 6. The molecule has 0 aliphatic carbocycles. The van der Waals surface area contributed by atoms with Crippen molar-refractivity contribution in [2.45, 2.75) is 13.5 Å². The topological polar surface area (TPSA) is 58.5 Å². The molecule has 0 radical (unpaired) electrons. The second-order valence-corrected chi connectivity index (χ2v) is 3.10. The average Bonchev–Trinajstić information content (AvgIpc) is 2.30. The monoisotopic (exact) mass is 211 g/mol. The predicted octanol–water partition coefficient (Wildman–Crippen LogP) is 0.442. The summed E-state index contributed by atoms with van der Waals surface area (Å²) in [7, 11) is 1.67. The number of nitrogens with zero attached hydrogens (tertiary/aromatic N) is 3. The van der Waals surface area contributed by atoms with Gasteiger partial charge in [-0.2, -0.15) is 0 Å². The molecule has 0 amide bonds. The third kappa shape index (κ3) is 3.45. The lowest BCUT2D eigenvalue weighted by molar-refractivity contribution is 0.205. The summed E-state index contributed by atoms with van der Waals surface area (Å²) < 4.78 is 5.01. The van der Waals surface area contributed by atoms with Gasteiger partial charge in [0.2, 0.25) is 0 Å². The molecule has 0 aliphatic heterocycles. The minimum Gasteiger partial charge on any atom is -0.390 e. The summed E-state index contributed by atoms with van der Waals surface area (Å²) >= 11 is 0. The summed E-state index contributed by atoms with van der Waals surface area (Å²) in [6.07, 6.45) is 3.26. The van der Waals surface area contributed by atoms with Crippen LogP contribution in [0.5, 0.6) is 0 Å². The molecule has 15 heavy (non-hydrogen) atoms. The van der Waals surface area contributed by atoms with E-state index in [0.717, 1.165) is 18.9 Å². The summed E-state index contributed by atoms with van der Waals surface area (Å²) in [6, 6.07) is 0. The lowest BCUT2D eigenvalue weighted by Gasteiger charge is -2.21. The molecule has 0 aliphatic rings. The van der Waals surface area contributed by atoms with Crippen LogP contribution in [0.15, 0.2) is 12.4 Å². The van der Waals surface area contributed by atoms with E-state index in [2.05, 4.69) is 14.9 Å². The van der Waals surface area contributed by atoms with Gasteiger partial charge in [-0.05, 0) is 6.92 Å². The van der Waals surface area contributed by atoms with E-state index in [0.29, 0.717) is 12.3 Å². The lowest BCUT2D eigenvalue weighted by atomic mass is 10.4. The van der Waals surface area contributed by atoms with Gasteiger partial charge < -0.3 is 14.7 Å². The van der Waals surface area contributed by atoms with E-state index in [9.17, 15) is 0 Å². The van der Waals surface area contributed by atoms with Gasteiger partial charge in [-0.25, -0.2) is 4.98 Å². The van der Waals surface area contributed by atoms with Crippen molar-refractivity contribution >= 4 is 5.82 Å². The molecule has 0 saturated carbocycles. The van der Waals surface area contributed by atoms with Gasteiger partial charge >= 0.3 is 0 Å². The number of aliphatic hydroxyl groups is 1. The Bertz CT molecular complexity index is 294. The van der Waals surface area contributed by atoms with E-state index in [1.165, 1.54) is 0 Å².